The minimum absolute atomic E-state index is 0.00901. The van der Waals surface area contributed by atoms with Crippen molar-refractivity contribution in [2.24, 2.45) is 0 Å². The third-order valence-electron chi connectivity index (χ3n) is 8.64. The van der Waals surface area contributed by atoms with Gasteiger partial charge in [0.05, 0.1) is 21.6 Å². The molecule has 0 radical (unpaired) electrons. The molecule has 0 aliphatic heterocycles. The molecular formula is C37H45N3O4SSi2. The molecule has 4 aromatic rings. The Morgan fingerprint density at radius 1 is 0.723 bits per heavy atom. The number of aryl methyl sites for hydroxylation is 1. The molecule has 10 heteroatoms. The van der Waals surface area contributed by atoms with Gasteiger partial charge in [0.2, 0.25) is 0 Å². The van der Waals surface area contributed by atoms with Crippen molar-refractivity contribution in [1.82, 2.24) is 9.97 Å². The fourth-order valence-corrected chi connectivity index (χ4v) is 13.4. The Bertz CT molecular complexity index is 2150. The van der Waals surface area contributed by atoms with Crippen LogP contribution in [0.2, 0.25) is 36.3 Å². The minimum atomic E-state index is -4.08. The van der Waals surface area contributed by atoms with E-state index < -0.39 is 37.3 Å². The number of fused-ring (bicyclic) bond motifs is 1. The molecule has 3 N–H and O–H groups in total. The molecule has 1 aromatic heterocycles. The van der Waals surface area contributed by atoms with Crippen LogP contribution in [0.15, 0.2) is 69.1 Å². The summed E-state index contributed by atoms with van der Waals surface area (Å²) in [5.41, 5.74) is 11.8. The van der Waals surface area contributed by atoms with Crippen molar-refractivity contribution < 1.29 is 8.42 Å². The van der Waals surface area contributed by atoms with E-state index in [0.29, 0.717) is 33.4 Å². The Hall–Kier alpha value is -4.10. The van der Waals surface area contributed by atoms with Crippen LogP contribution in [0.25, 0.3) is 22.2 Å². The number of hydrogen-bond donors (Lipinski definition) is 3. The Morgan fingerprint density at radius 2 is 1.28 bits per heavy atom. The normalized spacial score (nSPS) is 12.2. The summed E-state index contributed by atoms with van der Waals surface area (Å²) in [6, 6.07) is 16.5. The van der Waals surface area contributed by atoms with Crippen LogP contribution in [-0.2, 0) is 10.0 Å². The number of aromatic nitrogens is 2. The van der Waals surface area contributed by atoms with Gasteiger partial charge in [0.15, 0.2) is 0 Å². The van der Waals surface area contributed by atoms with Crippen LogP contribution in [0.3, 0.4) is 0 Å². The molecule has 47 heavy (non-hydrogen) atoms. The van der Waals surface area contributed by atoms with Gasteiger partial charge >= 0.3 is 11.1 Å². The molecule has 0 amide bonds. The number of nitrogens with one attached hydrogen (secondary N) is 3. The van der Waals surface area contributed by atoms with Gasteiger partial charge in [0, 0.05) is 11.1 Å². The minimum Gasteiger partial charge on any atom is -0.316 e. The largest absolute Gasteiger partial charge is 0.316 e. The molecule has 0 aliphatic rings. The molecule has 4 rings (SSSR count). The number of hydrogen-bond acceptors (Lipinski definition) is 4. The van der Waals surface area contributed by atoms with Gasteiger partial charge < -0.3 is 9.97 Å². The highest BCUT2D eigenvalue weighted by atomic mass is 32.2. The summed E-state index contributed by atoms with van der Waals surface area (Å²) in [4.78, 5) is 28.7. The second-order valence-corrected chi connectivity index (χ2v) is 26.1. The van der Waals surface area contributed by atoms with Gasteiger partial charge in [-0.25, -0.2) is 8.42 Å². The molecule has 7 nitrogen and oxygen atoms in total. The smallest absolute Gasteiger partial charge is 0.314 e. The van der Waals surface area contributed by atoms with Crippen molar-refractivity contribution >= 4 is 42.9 Å². The fourth-order valence-electron chi connectivity index (χ4n) is 6.32. The van der Waals surface area contributed by atoms with Crippen LogP contribution in [0.4, 0.5) is 5.69 Å². The topological polar surface area (TPSA) is 112 Å². The lowest BCUT2D eigenvalue weighted by atomic mass is 9.98. The Balaban J connectivity index is 1.85. The van der Waals surface area contributed by atoms with Crippen molar-refractivity contribution in [1.29, 1.82) is 0 Å². The van der Waals surface area contributed by atoms with Crippen LogP contribution in [0.1, 0.15) is 58.2 Å². The molecule has 0 bridgehead atoms. The average Bonchev–Trinajstić information content (AvgIpc) is 2.96. The maximum Gasteiger partial charge on any atom is 0.314 e. The summed E-state index contributed by atoms with van der Waals surface area (Å²) in [6.45, 7) is 21.9. The van der Waals surface area contributed by atoms with E-state index in [1.807, 2.05) is 30.3 Å². The molecule has 0 fully saturated rings. The first kappa shape index (κ1) is 35.8. The van der Waals surface area contributed by atoms with Gasteiger partial charge in [0.1, 0.15) is 16.1 Å². The van der Waals surface area contributed by atoms with E-state index in [2.05, 4.69) is 98.8 Å². The van der Waals surface area contributed by atoms with Gasteiger partial charge in [-0.15, -0.1) is 11.1 Å². The Labute approximate surface area is 280 Å². The second-order valence-electron chi connectivity index (χ2n) is 14.2. The summed E-state index contributed by atoms with van der Waals surface area (Å²) in [6.07, 6.45) is 0. The van der Waals surface area contributed by atoms with Crippen molar-refractivity contribution in [3.05, 3.63) is 92.0 Å². The maximum atomic E-state index is 13.7. The first-order valence-electron chi connectivity index (χ1n) is 15.9. The van der Waals surface area contributed by atoms with Crippen LogP contribution < -0.4 is 15.8 Å². The lowest BCUT2D eigenvalue weighted by Gasteiger charge is -2.38. The lowest BCUT2D eigenvalue weighted by molar-refractivity contribution is 0.600. The van der Waals surface area contributed by atoms with Crippen LogP contribution >= 0.6 is 0 Å². The van der Waals surface area contributed by atoms with Crippen molar-refractivity contribution in [3.63, 3.8) is 0 Å². The van der Waals surface area contributed by atoms with Gasteiger partial charge in [-0.3, -0.25) is 14.3 Å². The van der Waals surface area contributed by atoms with Crippen molar-refractivity contribution in [2.45, 2.75) is 89.6 Å². The quantitative estimate of drug-likeness (QED) is 0.105. The molecule has 0 spiro atoms. The van der Waals surface area contributed by atoms with E-state index in [9.17, 15) is 18.0 Å². The highest BCUT2D eigenvalue weighted by Crippen LogP contribution is 2.41. The molecule has 0 saturated carbocycles. The first-order chi connectivity index (χ1) is 21.8. The van der Waals surface area contributed by atoms with E-state index in [1.54, 1.807) is 19.1 Å². The predicted octanol–water partition coefficient (Wildman–Crippen LogP) is 7.79. The van der Waals surface area contributed by atoms with Gasteiger partial charge in [-0.1, -0.05) is 91.2 Å². The van der Waals surface area contributed by atoms with E-state index >= 15 is 0 Å². The Kier molecular flexibility index (Phi) is 10.3. The van der Waals surface area contributed by atoms with Crippen LogP contribution in [0, 0.1) is 29.9 Å². The third kappa shape index (κ3) is 7.90. The zero-order valence-electron chi connectivity index (χ0n) is 29.0. The highest BCUT2D eigenvalue weighted by molar-refractivity contribution is 7.92. The van der Waals surface area contributed by atoms with E-state index in [1.165, 1.54) is 12.1 Å². The summed E-state index contributed by atoms with van der Waals surface area (Å²) in [5, 5.41) is 0. The number of aromatic amines is 2. The molecule has 0 unspecified atom stereocenters. The van der Waals surface area contributed by atoms with Crippen LogP contribution in [0.5, 0.6) is 0 Å². The number of sulfonamides is 1. The fraction of sp³-hybridized carbons (Fsp3) is 0.351. The van der Waals surface area contributed by atoms with Gasteiger partial charge in [-0.05, 0) is 76.6 Å². The van der Waals surface area contributed by atoms with Crippen molar-refractivity contribution in [2.75, 3.05) is 4.72 Å². The van der Waals surface area contributed by atoms with Crippen LogP contribution in [-0.4, -0.2) is 34.5 Å². The zero-order chi connectivity index (χ0) is 34.9. The second kappa shape index (κ2) is 13.6. The van der Waals surface area contributed by atoms with Gasteiger partial charge in [0.25, 0.3) is 10.0 Å². The van der Waals surface area contributed by atoms with Crippen molar-refractivity contribution in [3.8, 4) is 34.1 Å². The average molecular weight is 684 g/mol. The number of anilines is 1. The zero-order valence-corrected chi connectivity index (χ0v) is 31.8. The number of H-pyrrole nitrogens is 2. The molecule has 3 aromatic carbocycles. The summed E-state index contributed by atoms with van der Waals surface area (Å²) >= 11 is 0. The molecule has 0 aliphatic carbocycles. The standard InChI is InChI=1S/C37H45N3O4SSi2/c1-24(2)47(25(3)4,26(5)6)20-18-30-22-31(15-16-32(30)29-13-11-28(12-14-29)17-19-46(8,9)10)40-45(43,44)35-23-34-33(21-27(35)7)38-36(41)37(42)39-34/h11-16,21-26,40H,1-10H3,(H,38,41)(H,39,42). The lowest BCUT2D eigenvalue weighted by Crippen LogP contribution is -2.43. The Morgan fingerprint density at radius 3 is 1.81 bits per heavy atom. The number of rotatable bonds is 7. The van der Waals surface area contributed by atoms with E-state index in [-0.39, 0.29) is 10.4 Å². The maximum absolute atomic E-state index is 13.7. The summed E-state index contributed by atoms with van der Waals surface area (Å²) < 4.78 is 30.2. The molecule has 246 valence electrons. The molecule has 0 saturated heterocycles. The highest BCUT2D eigenvalue weighted by Gasteiger charge is 2.41. The third-order valence-corrected chi connectivity index (χ3v) is 17.3. The molecule has 0 atom stereocenters. The summed E-state index contributed by atoms with van der Waals surface area (Å²) in [7, 11) is -7.69. The first-order valence-corrected chi connectivity index (χ1v) is 23.2. The monoisotopic (exact) mass is 683 g/mol. The van der Waals surface area contributed by atoms with E-state index in [0.717, 1.165) is 22.3 Å². The number of benzene rings is 3. The van der Waals surface area contributed by atoms with Gasteiger partial charge in [-0.2, -0.15) is 0 Å². The van der Waals surface area contributed by atoms with E-state index in [4.69, 9.17) is 0 Å². The molecular weight excluding hydrogens is 639 g/mol. The molecule has 1 heterocycles. The predicted molar refractivity (Wildman–Crippen MR) is 201 cm³/mol. The summed E-state index contributed by atoms with van der Waals surface area (Å²) in [5.74, 6) is 6.86. The SMILES string of the molecule is Cc1cc2[nH]c(=O)c(=O)[nH]c2cc1S(=O)(=O)Nc1ccc(-c2ccc(C#C[Si](C)(C)C)cc2)c(C#C[Si](C(C)C)(C(C)C)C(C)C)c1.